The van der Waals surface area contributed by atoms with Crippen LogP contribution in [0, 0.1) is 18.1 Å². The van der Waals surface area contributed by atoms with Gasteiger partial charge in [-0.05, 0) is 14.5 Å². The Morgan fingerprint density at radius 2 is 1.34 bits per heavy atom. The van der Waals surface area contributed by atoms with Crippen LogP contribution in [-0.2, 0) is 28.7 Å². The third-order valence-electron chi connectivity index (χ3n) is 6.93. The van der Waals surface area contributed by atoms with Crippen LogP contribution in [0.1, 0.15) is 36.1 Å². The summed E-state index contributed by atoms with van der Waals surface area (Å²) in [5, 5.41) is 3.17. The van der Waals surface area contributed by atoms with E-state index in [4.69, 9.17) is 23.2 Å². The molecule has 0 aliphatic heterocycles. The maximum Gasteiger partial charge on any atom is -0.0253 e. The minimum Gasteiger partial charge on any atom is -0.179 e. The van der Waals surface area contributed by atoms with Gasteiger partial charge in [0.15, 0.2) is 0 Å². The molecule has 6 rings (SSSR count). The summed E-state index contributed by atoms with van der Waals surface area (Å²) in [5.74, 6) is 0.553. The summed E-state index contributed by atoms with van der Waals surface area (Å²) in [6.45, 7) is 11.6. The van der Waals surface area contributed by atoms with Crippen molar-refractivity contribution in [3.05, 3.63) is 152 Å². The van der Waals surface area contributed by atoms with Crippen molar-refractivity contribution >= 4 is 38.7 Å². The van der Waals surface area contributed by atoms with Gasteiger partial charge >= 0.3 is 123 Å². The third kappa shape index (κ3) is 9.39. The molecule has 1 unspecified atom stereocenters. The van der Waals surface area contributed by atoms with Gasteiger partial charge < -0.3 is 0 Å². The SMILES string of the molecule is CC1=[C-]C(C)C=C1[Si](C)(C)C.Clc1ccc([CH]=[Zr]=[CH]c2ccc(Cl)cc2)cc1.[c-]1cccc2c1Cc1ccccc1-2. The van der Waals surface area contributed by atoms with Crippen LogP contribution in [0.15, 0.2) is 108 Å². The van der Waals surface area contributed by atoms with Gasteiger partial charge in [-0.15, -0.1) is 5.56 Å². The number of allylic oxidation sites excluding steroid dienone is 4. The first-order chi connectivity index (χ1) is 19.6. The van der Waals surface area contributed by atoms with E-state index in [1.54, 1.807) is 5.20 Å². The Bertz CT molecular complexity index is 1510. The molecule has 1 atom stereocenters. The van der Waals surface area contributed by atoms with Gasteiger partial charge in [-0.2, -0.15) is 35.9 Å². The smallest absolute Gasteiger partial charge is 0.0253 e. The molecular weight excluding hydrogens is 635 g/mol. The van der Waals surface area contributed by atoms with E-state index < -0.39 is 30.3 Å². The van der Waals surface area contributed by atoms with Crippen molar-refractivity contribution in [3.8, 4) is 11.1 Å². The van der Waals surface area contributed by atoms with Crippen LogP contribution in [0.5, 0.6) is 0 Å². The van der Waals surface area contributed by atoms with Crippen molar-refractivity contribution in [1.82, 2.24) is 0 Å². The number of hydrogen-bond donors (Lipinski definition) is 0. The minimum absolute atomic E-state index is 0.553. The van der Waals surface area contributed by atoms with E-state index in [0.29, 0.717) is 5.92 Å². The maximum absolute atomic E-state index is 5.84. The molecular formula is C37H36Cl2SiZr-2. The van der Waals surface area contributed by atoms with Crippen molar-refractivity contribution in [2.75, 3.05) is 0 Å². The molecule has 0 bridgehead atoms. The van der Waals surface area contributed by atoms with Gasteiger partial charge in [0.1, 0.15) is 0 Å². The molecule has 4 aromatic carbocycles. The van der Waals surface area contributed by atoms with Gasteiger partial charge in [-0.3, -0.25) is 6.08 Å². The average Bonchev–Trinajstić information content (AvgIpc) is 3.50. The number of benzene rings is 4. The molecule has 41 heavy (non-hydrogen) atoms. The second-order valence-corrected chi connectivity index (χ2v) is 19.5. The van der Waals surface area contributed by atoms with Crippen molar-refractivity contribution in [2.45, 2.75) is 39.9 Å². The normalized spacial score (nSPS) is 14.6. The van der Waals surface area contributed by atoms with Crippen molar-refractivity contribution in [3.63, 3.8) is 0 Å². The van der Waals surface area contributed by atoms with Crippen molar-refractivity contribution < 1.29 is 22.3 Å². The Labute approximate surface area is 268 Å². The minimum atomic E-state index is -1.07. The zero-order valence-corrected chi connectivity index (χ0v) is 29.4. The molecule has 0 saturated carbocycles. The molecule has 0 radical (unpaired) electrons. The summed E-state index contributed by atoms with van der Waals surface area (Å²) < 4.78 is 4.66. The molecule has 0 saturated heterocycles. The summed E-state index contributed by atoms with van der Waals surface area (Å²) in [7, 11) is -1.07. The van der Waals surface area contributed by atoms with Crippen LogP contribution < -0.4 is 0 Å². The standard InChI is InChI=1S/C13H9.C10H17Si.2C7H5Cl.Zr/c1-3-7-12-10(5-1)9-11-6-2-4-8-13(11)12;1-8-6-9(2)10(7-8)11(3,4)5;2*1-6-2-4-7(8)5-3-6;/h1-5,7-8H,9H2;7-8H,1-5H3;2*1-5H;/q2*-1;;;. The molecule has 0 nitrogen and oxygen atoms in total. The summed E-state index contributed by atoms with van der Waals surface area (Å²) in [6, 6.07) is 34.0. The molecule has 0 N–H and O–H groups in total. The predicted octanol–water partition coefficient (Wildman–Crippen LogP) is 10.3. The fourth-order valence-electron chi connectivity index (χ4n) is 5.00. The first-order valence-electron chi connectivity index (χ1n) is 13.9. The van der Waals surface area contributed by atoms with Crippen LogP contribution in [0.2, 0.25) is 29.7 Å². The van der Waals surface area contributed by atoms with Gasteiger partial charge in [-0.25, -0.2) is 10.8 Å². The first-order valence-corrected chi connectivity index (χ1v) is 21.0. The van der Waals surface area contributed by atoms with Gasteiger partial charge in [0, 0.05) is 0 Å². The first kappa shape index (κ1) is 31.7. The van der Waals surface area contributed by atoms with Gasteiger partial charge in [0.2, 0.25) is 0 Å². The molecule has 4 heteroatoms. The van der Waals surface area contributed by atoms with E-state index in [1.165, 1.54) is 39.0 Å². The molecule has 208 valence electrons. The topological polar surface area (TPSA) is 0 Å². The van der Waals surface area contributed by atoms with Crippen molar-refractivity contribution in [2.24, 2.45) is 5.92 Å². The Hall–Kier alpha value is -2.22. The van der Waals surface area contributed by atoms with E-state index >= 15 is 0 Å². The molecule has 0 heterocycles. The molecule has 2 aliphatic rings. The van der Waals surface area contributed by atoms with E-state index in [2.05, 4.69) is 120 Å². The molecule has 2 aliphatic carbocycles. The number of fused-ring (bicyclic) bond motifs is 3. The number of halogens is 2. The Morgan fingerprint density at radius 3 is 1.85 bits per heavy atom. The molecule has 4 aromatic rings. The fraction of sp³-hybridized carbons (Fsp3) is 0.189. The Kier molecular flexibility index (Phi) is 11.4. The predicted molar refractivity (Wildman–Crippen MR) is 180 cm³/mol. The summed E-state index contributed by atoms with van der Waals surface area (Å²) in [4.78, 5) is 0. The van der Waals surface area contributed by atoms with E-state index in [1.807, 2.05) is 30.3 Å². The molecule has 0 fully saturated rings. The van der Waals surface area contributed by atoms with Crippen molar-refractivity contribution in [1.29, 1.82) is 0 Å². The monoisotopic (exact) mass is 668 g/mol. The third-order valence-corrected chi connectivity index (χ3v) is 12.0. The number of hydrogen-bond acceptors (Lipinski definition) is 0. The van der Waals surface area contributed by atoms with Crippen LogP contribution in [0.25, 0.3) is 11.1 Å². The van der Waals surface area contributed by atoms with E-state index in [0.717, 1.165) is 16.5 Å². The number of rotatable bonds is 3. The van der Waals surface area contributed by atoms with Crippen LogP contribution in [0.4, 0.5) is 0 Å². The molecule has 0 spiro atoms. The molecule has 0 amide bonds. The average molecular weight is 671 g/mol. The largest absolute Gasteiger partial charge is 0.179 e. The fourth-order valence-corrected chi connectivity index (χ4v) is 9.29. The summed E-state index contributed by atoms with van der Waals surface area (Å²) in [5.41, 5.74) is 9.42. The summed E-state index contributed by atoms with van der Waals surface area (Å²) in [6.07, 6.45) is 6.86. The Balaban J connectivity index is 0.000000145. The molecule has 0 aromatic heterocycles. The van der Waals surface area contributed by atoms with Crippen LogP contribution >= 0.6 is 23.2 Å². The van der Waals surface area contributed by atoms with Crippen LogP contribution in [0.3, 0.4) is 0 Å². The van der Waals surface area contributed by atoms with Gasteiger partial charge in [0.05, 0.1) is 0 Å². The van der Waals surface area contributed by atoms with Crippen LogP contribution in [-0.4, -0.2) is 15.5 Å². The second-order valence-electron chi connectivity index (χ2n) is 11.3. The Morgan fingerprint density at radius 1 is 0.780 bits per heavy atom. The summed E-state index contributed by atoms with van der Waals surface area (Å²) >= 11 is 11.0. The van der Waals surface area contributed by atoms with Gasteiger partial charge in [0.25, 0.3) is 0 Å². The quantitative estimate of drug-likeness (QED) is 0.132. The van der Waals surface area contributed by atoms with E-state index in [9.17, 15) is 0 Å². The maximum atomic E-state index is 5.84. The zero-order valence-electron chi connectivity index (χ0n) is 24.4. The van der Waals surface area contributed by atoms with Gasteiger partial charge in [-0.1, -0.05) is 74.8 Å². The van der Waals surface area contributed by atoms with E-state index in [-0.39, 0.29) is 0 Å². The zero-order chi connectivity index (χ0) is 29.4. The second kappa shape index (κ2) is 14.8.